The van der Waals surface area contributed by atoms with Crippen LogP contribution in [0.4, 0.5) is 17.5 Å². The second-order valence-corrected chi connectivity index (χ2v) is 10.3. The molecule has 3 aromatic rings. The minimum atomic E-state index is -0.667. The fraction of sp³-hybridized carbons (Fsp3) is 0.517. The number of benzene rings is 1. The quantitative estimate of drug-likeness (QED) is 0.215. The number of amides is 1. The average molecular weight is 619 g/mol. The van der Waals surface area contributed by atoms with Gasteiger partial charge in [-0.15, -0.1) is 0 Å². The van der Waals surface area contributed by atoms with Crippen LogP contribution in [-0.4, -0.2) is 92.5 Å². The van der Waals surface area contributed by atoms with Gasteiger partial charge < -0.3 is 44.2 Å². The predicted molar refractivity (Wildman–Crippen MR) is 164 cm³/mol. The molecule has 3 N–H and O–H groups in total. The first-order valence-corrected chi connectivity index (χ1v) is 14.7. The molecule has 1 aliphatic heterocycles. The van der Waals surface area contributed by atoms with Crippen molar-refractivity contribution >= 4 is 45.9 Å². The number of nitrogens with one attached hydrogen (secondary N) is 1. The highest BCUT2D eigenvalue weighted by Gasteiger charge is 2.22. The number of carbonyl (C=O) groups excluding carboxylic acids is 1. The van der Waals surface area contributed by atoms with Gasteiger partial charge in [0.05, 0.1) is 57.5 Å². The Labute approximate surface area is 255 Å². The minimum Gasteiger partial charge on any atom is -0.478 e. The standard InChI is InChI=1S/C29H39ClN6O7/c1-3-39-10-11-40-12-13-41-14-15-42-22-6-8-36(9-7-22)29-32-18-23(30)27(34-29)33-21-4-5-24-20(16-21)17-25(28(38)35(24)2)43-19-26(31)37/h4-5,16-18,22H,3,6-15,19H2,1-2H3,(H2,31,37)(H,32,33,34). The highest BCUT2D eigenvalue weighted by Crippen LogP contribution is 2.28. The van der Waals surface area contributed by atoms with Crippen LogP contribution >= 0.6 is 11.6 Å². The molecule has 0 radical (unpaired) electrons. The summed E-state index contributed by atoms with van der Waals surface area (Å²) in [6.45, 7) is 7.07. The second kappa shape index (κ2) is 16.4. The molecular formula is C29H39ClN6O7. The number of hydrogen-bond donors (Lipinski definition) is 2. The monoisotopic (exact) mass is 618 g/mol. The van der Waals surface area contributed by atoms with E-state index in [9.17, 15) is 9.59 Å². The molecule has 2 aromatic heterocycles. The van der Waals surface area contributed by atoms with Crippen molar-refractivity contribution in [3.63, 3.8) is 0 Å². The Balaban J connectivity index is 1.28. The summed E-state index contributed by atoms with van der Waals surface area (Å²) in [5.74, 6) is 0.397. The van der Waals surface area contributed by atoms with Gasteiger partial charge in [0.15, 0.2) is 18.2 Å². The fourth-order valence-electron chi connectivity index (χ4n) is 4.60. The summed E-state index contributed by atoms with van der Waals surface area (Å²) in [5.41, 5.74) is 6.19. The third kappa shape index (κ3) is 9.50. The van der Waals surface area contributed by atoms with E-state index < -0.39 is 5.91 Å². The zero-order valence-corrected chi connectivity index (χ0v) is 25.3. The molecule has 0 aliphatic carbocycles. The van der Waals surface area contributed by atoms with Gasteiger partial charge in [0.2, 0.25) is 5.95 Å². The lowest BCUT2D eigenvalue weighted by Crippen LogP contribution is -2.38. The van der Waals surface area contributed by atoms with E-state index in [1.807, 2.05) is 19.1 Å². The number of piperidine rings is 1. The number of aromatic nitrogens is 3. The van der Waals surface area contributed by atoms with E-state index in [1.165, 1.54) is 4.57 Å². The number of ether oxygens (including phenoxy) is 5. The Morgan fingerprint density at radius 2 is 1.77 bits per heavy atom. The van der Waals surface area contributed by atoms with Crippen molar-refractivity contribution in [3.8, 4) is 5.75 Å². The molecule has 3 heterocycles. The third-order valence-corrected chi connectivity index (χ3v) is 7.09. The zero-order chi connectivity index (χ0) is 30.6. The van der Waals surface area contributed by atoms with Crippen LogP contribution in [0, 0.1) is 0 Å². The first-order chi connectivity index (χ1) is 20.9. The number of rotatable bonds is 17. The van der Waals surface area contributed by atoms with Crippen LogP contribution in [-0.2, 0) is 30.8 Å². The Kier molecular flexibility index (Phi) is 12.4. The van der Waals surface area contributed by atoms with Crippen molar-refractivity contribution in [1.82, 2.24) is 14.5 Å². The average Bonchev–Trinajstić information content (AvgIpc) is 3.00. The van der Waals surface area contributed by atoms with Gasteiger partial charge in [-0.25, -0.2) is 4.98 Å². The number of anilines is 3. The van der Waals surface area contributed by atoms with Crippen LogP contribution in [0.2, 0.25) is 5.02 Å². The normalized spacial score (nSPS) is 13.9. The smallest absolute Gasteiger partial charge is 0.293 e. The Bertz CT molecular complexity index is 1410. The summed E-state index contributed by atoms with van der Waals surface area (Å²) in [7, 11) is 1.63. The number of halogens is 1. The molecule has 13 nitrogen and oxygen atoms in total. The molecule has 1 saturated heterocycles. The van der Waals surface area contributed by atoms with Crippen molar-refractivity contribution in [2.75, 3.05) is 76.2 Å². The highest BCUT2D eigenvalue weighted by molar-refractivity contribution is 6.32. The number of nitrogens with zero attached hydrogens (tertiary/aromatic N) is 4. The molecule has 0 unspecified atom stereocenters. The van der Waals surface area contributed by atoms with E-state index >= 15 is 0 Å². The lowest BCUT2D eigenvalue weighted by Gasteiger charge is -2.32. The lowest BCUT2D eigenvalue weighted by molar-refractivity contribution is -0.119. The van der Waals surface area contributed by atoms with E-state index in [0.29, 0.717) is 74.2 Å². The summed E-state index contributed by atoms with van der Waals surface area (Å²) in [6.07, 6.45) is 3.42. The SMILES string of the molecule is CCOCCOCCOCCOC1CCN(c2ncc(Cl)c(Nc3ccc4c(c3)cc(OCC(N)=O)c(=O)n4C)n2)CC1. The topological polar surface area (TPSA) is 152 Å². The van der Waals surface area contributed by atoms with Gasteiger partial charge in [-0.1, -0.05) is 11.6 Å². The predicted octanol–water partition coefficient (Wildman–Crippen LogP) is 2.64. The summed E-state index contributed by atoms with van der Waals surface area (Å²) in [6, 6.07) is 7.05. The van der Waals surface area contributed by atoms with Gasteiger partial charge in [-0.2, -0.15) is 4.98 Å². The number of carbonyl (C=O) groups is 1. The maximum atomic E-state index is 12.6. The van der Waals surface area contributed by atoms with Gasteiger partial charge in [0.1, 0.15) is 5.02 Å². The number of primary amides is 1. The molecule has 1 aliphatic rings. The van der Waals surface area contributed by atoms with Crippen LogP contribution in [0.15, 0.2) is 35.3 Å². The molecule has 43 heavy (non-hydrogen) atoms. The molecular weight excluding hydrogens is 580 g/mol. The zero-order valence-electron chi connectivity index (χ0n) is 24.6. The van der Waals surface area contributed by atoms with Crippen molar-refractivity contribution in [2.24, 2.45) is 12.8 Å². The van der Waals surface area contributed by atoms with Crippen LogP contribution in [0.5, 0.6) is 5.75 Å². The molecule has 234 valence electrons. The molecule has 4 rings (SSSR count). The molecule has 0 atom stereocenters. The van der Waals surface area contributed by atoms with Crippen molar-refractivity contribution in [1.29, 1.82) is 0 Å². The van der Waals surface area contributed by atoms with E-state index in [2.05, 4.69) is 20.2 Å². The summed E-state index contributed by atoms with van der Waals surface area (Å²) >= 11 is 6.44. The van der Waals surface area contributed by atoms with Crippen LogP contribution in [0.25, 0.3) is 10.9 Å². The van der Waals surface area contributed by atoms with Gasteiger partial charge >= 0.3 is 0 Å². The number of aryl methyl sites for hydroxylation is 1. The summed E-state index contributed by atoms with van der Waals surface area (Å²) < 4.78 is 29.0. The van der Waals surface area contributed by atoms with E-state index in [0.717, 1.165) is 31.3 Å². The molecule has 1 aromatic carbocycles. The van der Waals surface area contributed by atoms with E-state index in [-0.39, 0.29) is 24.0 Å². The third-order valence-electron chi connectivity index (χ3n) is 6.81. The number of pyridine rings is 1. The van der Waals surface area contributed by atoms with Gasteiger partial charge in [-0.3, -0.25) is 9.59 Å². The van der Waals surface area contributed by atoms with Crippen molar-refractivity contribution in [3.05, 3.63) is 45.8 Å². The summed E-state index contributed by atoms with van der Waals surface area (Å²) in [4.78, 5) is 34.9. The van der Waals surface area contributed by atoms with Gasteiger partial charge in [0.25, 0.3) is 11.5 Å². The van der Waals surface area contributed by atoms with Gasteiger partial charge in [-0.05, 0) is 44.0 Å². The molecule has 0 bridgehead atoms. The molecule has 0 saturated carbocycles. The largest absolute Gasteiger partial charge is 0.478 e. The van der Waals surface area contributed by atoms with Gasteiger partial charge in [0, 0.05) is 37.8 Å². The first kappa shape index (κ1) is 32.4. The second-order valence-electron chi connectivity index (χ2n) is 9.87. The number of hydrogen-bond acceptors (Lipinski definition) is 11. The Hall–Kier alpha value is -3.49. The van der Waals surface area contributed by atoms with Crippen molar-refractivity contribution in [2.45, 2.75) is 25.9 Å². The maximum Gasteiger partial charge on any atom is 0.293 e. The Morgan fingerprint density at radius 3 is 2.47 bits per heavy atom. The molecule has 14 heteroatoms. The molecule has 0 spiro atoms. The van der Waals surface area contributed by atoms with E-state index in [1.54, 1.807) is 25.4 Å². The Morgan fingerprint density at radius 1 is 1.07 bits per heavy atom. The number of nitrogens with two attached hydrogens (primary N) is 1. The maximum absolute atomic E-state index is 12.6. The van der Waals surface area contributed by atoms with Crippen molar-refractivity contribution < 1.29 is 28.5 Å². The molecule has 1 fully saturated rings. The minimum absolute atomic E-state index is 0.0342. The first-order valence-electron chi connectivity index (χ1n) is 14.3. The summed E-state index contributed by atoms with van der Waals surface area (Å²) in [5, 5.41) is 4.34. The lowest BCUT2D eigenvalue weighted by atomic mass is 10.1. The van der Waals surface area contributed by atoms with E-state index in [4.69, 9.17) is 41.0 Å². The molecule has 1 amide bonds. The van der Waals surface area contributed by atoms with Crippen LogP contribution in [0.3, 0.4) is 0 Å². The fourth-order valence-corrected chi connectivity index (χ4v) is 4.74. The van der Waals surface area contributed by atoms with Crippen LogP contribution < -0.4 is 26.2 Å². The number of fused-ring (bicyclic) bond motifs is 1. The highest BCUT2D eigenvalue weighted by atomic mass is 35.5. The van der Waals surface area contributed by atoms with Crippen LogP contribution in [0.1, 0.15) is 19.8 Å².